The van der Waals surface area contributed by atoms with Crippen LogP contribution in [0.1, 0.15) is 39.5 Å². The SMILES string of the molecule is Cc1c(C(=O)N[C@H]2CCN(Cc3ccccc3)C2)sc2nc3n(c(=O)c12)CCC3. The van der Waals surface area contributed by atoms with Crippen LogP contribution < -0.4 is 10.9 Å². The van der Waals surface area contributed by atoms with Crippen LogP contribution in [0.3, 0.4) is 0 Å². The van der Waals surface area contributed by atoms with Crippen molar-refractivity contribution >= 4 is 27.5 Å². The summed E-state index contributed by atoms with van der Waals surface area (Å²) in [5, 5.41) is 3.80. The predicted molar refractivity (Wildman–Crippen MR) is 115 cm³/mol. The second kappa shape index (κ2) is 7.39. The van der Waals surface area contributed by atoms with Crippen molar-refractivity contribution in [3.8, 4) is 0 Å². The number of aryl methyl sites for hydroxylation is 2. The number of benzene rings is 1. The molecule has 3 aromatic rings. The van der Waals surface area contributed by atoms with Gasteiger partial charge >= 0.3 is 0 Å². The van der Waals surface area contributed by atoms with Crippen LogP contribution in [0.5, 0.6) is 0 Å². The molecule has 2 aliphatic heterocycles. The van der Waals surface area contributed by atoms with Crippen molar-refractivity contribution in [2.75, 3.05) is 13.1 Å². The summed E-state index contributed by atoms with van der Waals surface area (Å²) in [6.07, 6.45) is 2.74. The number of rotatable bonds is 4. The first-order valence-corrected chi connectivity index (χ1v) is 11.0. The molecular formula is C22H24N4O2S. The first kappa shape index (κ1) is 18.5. The molecule has 1 atom stereocenters. The van der Waals surface area contributed by atoms with Gasteiger partial charge in [0.2, 0.25) is 0 Å². The average molecular weight is 409 g/mol. The van der Waals surface area contributed by atoms with E-state index in [1.165, 1.54) is 16.9 Å². The van der Waals surface area contributed by atoms with Gasteiger partial charge < -0.3 is 5.32 Å². The fourth-order valence-electron chi connectivity index (χ4n) is 4.48. The Morgan fingerprint density at radius 3 is 2.93 bits per heavy atom. The fraction of sp³-hybridized carbons (Fsp3) is 0.409. The molecule has 0 unspecified atom stereocenters. The molecule has 29 heavy (non-hydrogen) atoms. The van der Waals surface area contributed by atoms with Crippen LogP contribution in [-0.2, 0) is 19.5 Å². The highest BCUT2D eigenvalue weighted by molar-refractivity contribution is 7.20. The van der Waals surface area contributed by atoms with Gasteiger partial charge in [0.05, 0.1) is 10.3 Å². The van der Waals surface area contributed by atoms with Crippen LogP contribution in [0.15, 0.2) is 35.1 Å². The highest BCUT2D eigenvalue weighted by atomic mass is 32.1. The van der Waals surface area contributed by atoms with Crippen molar-refractivity contribution in [2.45, 2.75) is 45.3 Å². The van der Waals surface area contributed by atoms with Crippen molar-refractivity contribution in [1.29, 1.82) is 0 Å². The van der Waals surface area contributed by atoms with E-state index < -0.39 is 0 Å². The highest BCUT2D eigenvalue weighted by Gasteiger charge is 2.27. The second-order valence-corrected chi connectivity index (χ2v) is 9.00. The van der Waals surface area contributed by atoms with Crippen LogP contribution in [-0.4, -0.2) is 39.5 Å². The molecule has 0 spiro atoms. The van der Waals surface area contributed by atoms with E-state index in [2.05, 4.69) is 39.5 Å². The molecule has 0 bridgehead atoms. The van der Waals surface area contributed by atoms with Crippen molar-refractivity contribution in [3.05, 3.63) is 62.5 Å². The van der Waals surface area contributed by atoms with Gasteiger partial charge in [-0.1, -0.05) is 30.3 Å². The monoisotopic (exact) mass is 408 g/mol. The first-order valence-electron chi connectivity index (χ1n) is 10.2. The van der Waals surface area contributed by atoms with Crippen molar-refractivity contribution in [2.24, 2.45) is 0 Å². The van der Waals surface area contributed by atoms with Crippen LogP contribution in [0, 0.1) is 6.92 Å². The largest absolute Gasteiger partial charge is 0.347 e. The van der Waals surface area contributed by atoms with E-state index in [0.29, 0.717) is 15.1 Å². The van der Waals surface area contributed by atoms with Gasteiger partial charge in [0.25, 0.3) is 11.5 Å². The number of fused-ring (bicyclic) bond motifs is 2. The maximum absolute atomic E-state index is 13.0. The van der Waals surface area contributed by atoms with Gasteiger partial charge in [-0.05, 0) is 30.9 Å². The minimum absolute atomic E-state index is 0.00482. The van der Waals surface area contributed by atoms with Gasteiger partial charge in [0.1, 0.15) is 10.7 Å². The van der Waals surface area contributed by atoms with Crippen LogP contribution >= 0.6 is 11.3 Å². The van der Waals surface area contributed by atoms with Gasteiger partial charge in [-0.25, -0.2) is 4.98 Å². The molecule has 4 heterocycles. The lowest BCUT2D eigenvalue weighted by Gasteiger charge is -2.16. The van der Waals surface area contributed by atoms with Crippen LogP contribution in [0.2, 0.25) is 0 Å². The average Bonchev–Trinajstić information content (AvgIpc) is 3.43. The topological polar surface area (TPSA) is 67.2 Å². The molecule has 1 saturated heterocycles. The summed E-state index contributed by atoms with van der Waals surface area (Å²) < 4.78 is 1.77. The Bertz CT molecular complexity index is 1140. The summed E-state index contributed by atoms with van der Waals surface area (Å²) >= 11 is 1.35. The third-order valence-corrected chi connectivity index (χ3v) is 7.16. The number of aromatic nitrogens is 2. The van der Waals surface area contributed by atoms with Crippen molar-refractivity contribution in [3.63, 3.8) is 0 Å². The Kier molecular flexibility index (Phi) is 4.72. The Labute approximate surface area is 173 Å². The quantitative estimate of drug-likeness (QED) is 0.721. The van der Waals surface area contributed by atoms with Crippen LogP contribution in [0.25, 0.3) is 10.2 Å². The molecule has 0 saturated carbocycles. The zero-order valence-corrected chi connectivity index (χ0v) is 17.3. The van der Waals surface area contributed by atoms with E-state index in [-0.39, 0.29) is 17.5 Å². The number of nitrogens with zero attached hydrogens (tertiary/aromatic N) is 3. The molecule has 6 nitrogen and oxygen atoms in total. The summed E-state index contributed by atoms with van der Waals surface area (Å²) in [6, 6.07) is 10.5. The van der Waals surface area contributed by atoms with Crippen molar-refractivity contribution < 1.29 is 4.79 Å². The zero-order chi connectivity index (χ0) is 20.0. The van der Waals surface area contributed by atoms with E-state index in [4.69, 9.17) is 0 Å². The molecule has 2 aliphatic rings. The summed E-state index contributed by atoms with van der Waals surface area (Å²) in [5.74, 6) is 0.768. The summed E-state index contributed by atoms with van der Waals surface area (Å²) in [6.45, 7) is 5.32. The number of carbonyl (C=O) groups excluding carboxylic acids is 1. The van der Waals surface area contributed by atoms with Gasteiger partial charge in [-0.2, -0.15) is 0 Å². The maximum atomic E-state index is 13.0. The molecule has 5 rings (SSSR count). The maximum Gasteiger partial charge on any atom is 0.262 e. The van der Waals surface area contributed by atoms with E-state index in [1.54, 1.807) is 4.57 Å². The fourth-order valence-corrected chi connectivity index (χ4v) is 5.57. The molecule has 1 amide bonds. The van der Waals surface area contributed by atoms with Gasteiger partial charge in [-0.3, -0.25) is 19.1 Å². The first-order chi connectivity index (χ1) is 14.1. The van der Waals surface area contributed by atoms with E-state index in [1.807, 2.05) is 13.0 Å². The number of carbonyl (C=O) groups is 1. The predicted octanol–water partition coefficient (Wildman–Crippen LogP) is 2.72. The second-order valence-electron chi connectivity index (χ2n) is 8.00. The molecule has 0 aliphatic carbocycles. The zero-order valence-electron chi connectivity index (χ0n) is 16.5. The Morgan fingerprint density at radius 2 is 2.10 bits per heavy atom. The molecular weight excluding hydrogens is 384 g/mol. The number of thiophene rings is 1. The van der Waals surface area contributed by atoms with Gasteiger partial charge in [-0.15, -0.1) is 11.3 Å². The summed E-state index contributed by atoms with van der Waals surface area (Å²) in [4.78, 5) is 34.1. The Morgan fingerprint density at radius 1 is 1.28 bits per heavy atom. The lowest BCUT2D eigenvalue weighted by molar-refractivity contribution is 0.0941. The number of nitrogens with one attached hydrogen (secondary N) is 1. The lowest BCUT2D eigenvalue weighted by atomic mass is 10.2. The van der Waals surface area contributed by atoms with Gasteiger partial charge in [0, 0.05) is 38.6 Å². The third-order valence-electron chi connectivity index (χ3n) is 5.97. The highest BCUT2D eigenvalue weighted by Crippen LogP contribution is 2.29. The summed E-state index contributed by atoms with van der Waals surface area (Å²) in [7, 11) is 0. The van der Waals surface area contributed by atoms with E-state index in [9.17, 15) is 9.59 Å². The molecule has 1 aromatic carbocycles. The molecule has 7 heteroatoms. The molecule has 2 aromatic heterocycles. The molecule has 0 radical (unpaired) electrons. The smallest absolute Gasteiger partial charge is 0.262 e. The number of hydrogen-bond donors (Lipinski definition) is 1. The number of hydrogen-bond acceptors (Lipinski definition) is 5. The normalized spacial score (nSPS) is 19.0. The standard InChI is InChI=1S/C22H24N4O2S/c1-14-18-21(24-17-8-5-10-26(17)22(18)28)29-19(14)20(27)23-16-9-11-25(13-16)12-15-6-3-2-4-7-15/h2-4,6-7,16H,5,8-13H2,1H3,(H,23,27)/t16-/m0/s1. The number of likely N-dealkylation sites (tertiary alicyclic amines) is 1. The Hall–Kier alpha value is -2.51. The summed E-state index contributed by atoms with van der Waals surface area (Å²) in [5.41, 5.74) is 2.06. The minimum Gasteiger partial charge on any atom is -0.347 e. The van der Waals surface area contributed by atoms with E-state index in [0.717, 1.165) is 56.8 Å². The third kappa shape index (κ3) is 3.38. The molecule has 150 valence electrons. The molecule has 1 N–H and O–H groups in total. The molecule has 1 fully saturated rings. The van der Waals surface area contributed by atoms with E-state index >= 15 is 0 Å². The number of amides is 1. The van der Waals surface area contributed by atoms with Gasteiger partial charge in [0.15, 0.2) is 0 Å². The Balaban J connectivity index is 1.31. The van der Waals surface area contributed by atoms with Crippen molar-refractivity contribution in [1.82, 2.24) is 19.8 Å². The van der Waals surface area contributed by atoms with Crippen LogP contribution in [0.4, 0.5) is 0 Å². The lowest BCUT2D eigenvalue weighted by Crippen LogP contribution is -2.36. The minimum atomic E-state index is -0.0818.